The first kappa shape index (κ1) is 21.9. The Morgan fingerprint density at radius 2 is 1.86 bits per heavy atom. The van der Waals surface area contributed by atoms with Crippen LogP contribution in [0.1, 0.15) is 35.7 Å². The van der Waals surface area contributed by atoms with Crippen molar-refractivity contribution in [1.29, 1.82) is 0 Å². The Bertz CT molecular complexity index is 1010. The number of nitrogens with two attached hydrogens (primary N) is 2. The third kappa shape index (κ3) is 3.17. The van der Waals surface area contributed by atoms with E-state index in [1.807, 2.05) is 0 Å². The molecule has 1 aliphatic heterocycles. The lowest BCUT2D eigenvalue weighted by Crippen LogP contribution is -2.29. The molecule has 0 spiro atoms. The lowest BCUT2D eigenvalue weighted by Gasteiger charge is -2.23. The summed E-state index contributed by atoms with van der Waals surface area (Å²) in [5.41, 5.74) is 9.18. The number of halogens is 3. The van der Waals surface area contributed by atoms with E-state index in [9.17, 15) is 19.1 Å². The SMILES string of the molecule is Cl.Nc1c(F)c(N2CC[C@@H](N)C2)c(F)c2c1c(=O)c(C(=O)O)cn2C1CC1.O. The number of anilines is 2. The summed E-state index contributed by atoms with van der Waals surface area (Å²) in [6.45, 7) is 0.653. The van der Waals surface area contributed by atoms with E-state index in [2.05, 4.69) is 0 Å². The molecular weight excluding hydrogens is 398 g/mol. The fourth-order valence-electron chi connectivity index (χ4n) is 3.61. The number of aromatic nitrogens is 1. The van der Waals surface area contributed by atoms with Gasteiger partial charge in [-0.15, -0.1) is 12.4 Å². The summed E-state index contributed by atoms with van der Waals surface area (Å²) >= 11 is 0. The minimum absolute atomic E-state index is 0. The van der Waals surface area contributed by atoms with Crippen molar-refractivity contribution in [2.24, 2.45) is 5.73 Å². The zero-order valence-electron chi connectivity index (χ0n) is 14.7. The number of aromatic carboxylic acids is 1. The number of hydrogen-bond donors (Lipinski definition) is 3. The molecule has 7 N–H and O–H groups in total. The van der Waals surface area contributed by atoms with Gasteiger partial charge >= 0.3 is 5.97 Å². The maximum Gasteiger partial charge on any atom is 0.341 e. The second-order valence-corrected chi connectivity index (χ2v) is 6.92. The Labute approximate surface area is 164 Å². The minimum atomic E-state index is -1.46. The molecule has 4 rings (SSSR count). The monoisotopic (exact) mass is 418 g/mol. The first-order chi connectivity index (χ1) is 12.3. The molecule has 11 heteroatoms. The first-order valence-electron chi connectivity index (χ1n) is 8.40. The molecule has 0 radical (unpaired) electrons. The van der Waals surface area contributed by atoms with Crippen molar-refractivity contribution in [2.75, 3.05) is 23.7 Å². The van der Waals surface area contributed by atoms with Gasteiger partial charge in [-0.05, 0) is 19.3 Å². The van der Waals surface area contributed by atoms with Crippen LogP contribution < -0.4 is 21.8 Å². The molecular formula is C17H21ClF2N4O4. The molecule has 1 saturated heterocycles. The number of rotatable bonds is 3. The van der Waals surface area contributed by atoms with Gasteiger partial charge in [0.2, 0.25) is 5.43 Å². The van der Waals surface area contributed by atoms with Crippen molar-refractivity contribution in [3.63, 3.8) is 0 Å². The Kier molecular flexibility index (Phi) is 5.88. The average molecular weight is 419 g/mol. The van der Waals surface area contributed by atoms with Crippen LogP contribution in [-0.2, 0) is 0 Å². The van der Waals surface area contributed by atoms with Gasteiger partial charge in [0, 0.05) is 31.4 Å². The molecule has 0 bridgehead atoms. The van der Waals surface area contributed by atoms with E-state index < -0.39 is 39.7 Å². The van der Waals surface area contributed by atoms with Crippen LogP contribution in [0.25, 0.3) is 10.9 Å². The fourth-order valence-corrected chi connectivity index (χ4v) is 3.61. The van der Waals surface area contributed by atoms with E-state index in [0.29, 0.717) is 13.0 Å². The Hall–Kier alpha value is -2.43. The normalized spacial score (nSPS) is 18.7. The van der Waals surface area contributed by atoms with Gasteiger partial charge in [0.05, 0.1) is 16.6 Å². The molecule has 1 aromatic heterocycles. The van der Waals surface area contributed by atoms with E-state index in [-0.39, 0.29) is 47.7 Å². The number of nitrogens with zero attached hydrogens (tertiary/aromatic N) is 2. The Balaban J connectivity index is 0.00000140. The molecule has 0 unspecified atom stereocenters. The van der Waals surface area contributed by atoms with Crippen LogP contribution >= 0.6 is 12.4 Å². The van der Waals surface area contributed by atoms with Crippen LogP contribution in [0.4, 0.5) is 20.2 Å². The van der Waals surface area contributed by atoms with Gasteiger partial charge < -0.3 is 31.5 Å². The maximum absolute atomic E-state index is 15.4. The third-order valence-corrected chi connectivity index (χ3v) is 5.08. The topological polar surface area (TPSA) is 146 Å². The van der Waals surface area contributed by atoms with Crippen LogP contribution in [0.3, 0.4) is 0 Å². The summed E-state index contributed by atoms with van der Waals surface area (Å²) in [4.78, 5) is 25.4. The predicted octanol–water partition coefficient (Wildman–Crippen LogP) is 1.03. The lowest BCUT2D eigenvalue weighted by molar-refractivity contribution is 0.0695. The molecule has 1 atom stereocenters. The summed E-state index contributed by atoms with van der Waals surface area (Å²) in [5, 5.41) is 8.86. The Morgan fingerprint density at radius 3 is 2.36 bits per heavy atom. The number of hydrogen-bond acceptors (Lipinski definition) is 5. The Morgan fingerprint density at radius 1 is 1.21 bits per heavy atom. The highest BCUT2D eigenvalue weighted by Crippen LogP contribution is 2.42. The van der Waals surface area contributed by atoms with Crippen LogP contribution in [0.2, 0.25) is 0 Å². The number of nitrogen functional groups attached to an aromatic ring is 1. The highest BCUT2D eigenvalue weighted by Gasteiger charge is 2.34. The predicted molar refractivity (Wildman–Crippen MR) is 103 cm³/mol. The lowest BCUT2D eigenvalue weighted by atomic mass is 10.1. The van der Waals surface area contributed by atoms with Gasteiger partial charge in [-0.1, -0.05) is 0 Å². The highest BCUT2D eigenvalue weighted by molar-refractivity contribution is 5.99. The second-order valence-electron chi connectivity index (χ2n) is 6.92. The minimum Gasteiger partial charge on any atom is -0.477 e. The van der Waals surface area contributed by atoms with Crippen LogP contribution in [-0.4, -0.2) is 40.3 Å². The summed E-state index contributed by atoms with van der Waals surface area (Å²) < 4.78 is 31.7. The third-order valence-electron chi connectivity index (χ3n) is 5.08. The van der Waals surface area contributed by atoms with E-state index in [1.165, 1.54) is 9.47 Å². The van der Waals surface area contributed by atoms with Gasteiger partial charge in [0.15, 0.2) is 11.6 Å². The number of benzene rings is 1. The van der Waals surface area contributed by atoms with E-state index in [1.54, 1.807) is 0 Å². The molecule has 2 aliphatic rings. The van der Waals surface area contributed by atoms with E-state index in [0.717, 1.165) is 19.0 Å². The second kappa shape index (κ2) is 7.53. The van der Waals surface area contributed by atoms with Crippen molar-refractivity contribution >= 4 is 40.7 Å². The molecule has 1 saturated carbocycles. The van der Waals surface area contributed by atoms with E-state index in [4.69, 9.17) is 11.5 Å². The standard InChI is InChI=1S/C17H18F2N4O3.ClH.H2O/c18-11-13(21)10-14(12(19)15(11)22-4-3-7(20)5-22)23(8-1-2-8)6-9(16(10)24)17(25)26;;/h6-8H,1-5,20-21H2,(H,25,26);1H;1H2/t7-;;/m1../s1. The number of fused-ring (bicyclic) bond motifs is 1. The van der Waals surface area contributed by atoms with Crippen LogP contribution in [0.5, 0.6) is 0 Å². The first-order valence-corrected chi connectivity index (χ1v) is 8.40. The van der Waals surface area contributed by atoms with Gasteiger partial charge in [-0.3, -0.25) is 4.79 Å². The van der Waals surface area contributed by atoms with E-state index >= 15 is 4.39 Å². The van der Waals surface area contributed by atoms with Crippen LogP contribution in [0.15, 0.2) is 11.0 Å². The largest absolute Gasteiger partial charge is 0.477 e. The quantitative estimate of drug-likeness (QED) is 0.634. The van der Waals surface area contributed by atoms with Crippen molar-refractivity contribution in [2.45, 2.75) is 31.3 Å². The smallest absolute Gasteiger partial charge is 0.341 e. The molecule has 28 heavy (non-hydrogen) atoms. The number of pyridine rings is 1. The van der Waals surface area contributed by atoms with Crippen LogP contribution in [0, 0.1) is 11.6 Å². The number of carboxylic acids is 1. The van der Waals surface area contributed by atoms with Gasteiger partial charge in [-0.2, -0.15) is 0 Å². The van der Waals surface area contributed by atoms with Crippen molar-refractivity contribution < 1.29 is 24.2 Å². The summed E-state index contributed by atoms with van der Waals surface area (Å²) in [5.74, 6) is -3.41. The summed E-state index contributed by atoms with van der Waals surface area (Å²) in [6, 6.07) is -0.338. The van der Waals surface area contributed by atoms with Gasteiger partial charge in [0.25, 0.3) is 0 Å². The molecule has 2 aromatic rings. The van der Waals surface area contributed by atoms with Gasteiger partial charge in [-0.25, -0.2) is 13.6 Å². The van der Waals surface area contributed by atoms with Crippen molar-refractivity contribution in [3.8, 4) is 0 Å². The van der Waals surface area contributed by atoms with Crippen molar-refractivity contribution in [1.82, 2.24) is 4.57 Å². The molecule has 1 aromatic carbocycles. The maximum atomic E-state index is 15.4. The highest BCUT2D eigenvalue weighted by atomic mass is 35.5. The molecule has 0 amide bonds. The number of carboxylic acid groups (broad SMARTS) is 1. The van der Waals surface area contributed by atoms with Crippen molar-refractivity contribution in [3.05, 3.63) is 33.6 Å². The number of carbonyl (C=O) groups is 1. The summed E-state index contributed by atoms with van der Waals surface area (Å²) in [7, 11) is 0. The molecule has 154 valence electrons. The molecule has 2 fully saturated rings. The molecule has 2 heterocycles. The zero-order chi connectivity index (χ0) is 18.7. The van der Waals surface area contributed by atoms with Gasteiger partial charge in [0.1, 0.15) is 11.3 Å². The molecule has 8 nitrogen and oxygen atoms in total. The average Bonchev–Trinajstić information content (AvgIpc) is 3.34. The zero-order valence-corrected chi connectivity index (χ0v) is 15.6. The molecule has 1 aliphatic carbocycles. The fraction of sp³-hybridized carbons (Fsp3) is 0.412. The summed E-state index contributed by atoms with van der Waals surface area (Å²) in [6.07, 6.45) is 3.16.